The van der Waals surface area contributed by atoms with Crippen molar-refractivity contribution in [1.29, 1.82) is 0 Å². The Balaban J connectivity index is 1.63. The van der Waals surface area contributed by atoms with Gasteiger partial charge in [0.25, 0.3) is 5.22 Å². The number of ketones is 1. The molecule has 0 aliphatic heterocycles. The summed E-state index contributed by atoms with van der Waals surface area (Å²) in [6.45, 7) is 5.53. The quantitative estimate of drug-likeness (QED) is 0.316. The van der Waals surface area contributed by atoms with Gasteiger partial charge in [0.1, 0.15) is 0 Å². The van der Waals surface area contributed by atoms with Crippen LogP contribution in [-0.2, 0) is 11.3 Å². The van der Waals surface area contributed by atoms with Gasteiger partial charge in [-0.2, -0.15) is 0 Å². The Bertz CT molecular complexity index is 905. The average Bonchev–Trinajstić information content (AvgIpc) is 3.27. The van der Waals surface area contributed by atoms with E-state index >= 15 is 0 Å². The monoisotopic (exact) mass is 386 g/mol. The van der Waals surface area contributed by atoms with Crippen LogP contribution in [0.2, 0.25) is 0 Å². The molecule has 0 N–H and O–H groups in total. The molecule has 7 nitrogen and oxygen atoms in total. The molecule has 0 aliphatic carbocycles. The molecule has 0 aromatic carbocycles. The third-order valence-electron chi connectivity index (χ3n) is 4.25. The van der Waals surface area contributed by atoms with Crippen molar-refractivity contribution < 1.29 is 13.9 Å². The number of carbonyl (C=O) groups is 1. The van der Waals surface area contributed by atoms with Gasteiger partial charge in [-0.05, 0) is 38.5 Å². The minimum atomic E-state index is 0.0484. The number of ether oxygens (including phenoxy) is 1. The summed E-state index contributed by atoms with van der Waals surface area (Å²) in [5.41, 5.74) is 3.55. The first-order valence-electron chi connectivity index (χ1n) is 8.65. The van der Waals surface area contributed by atoms with E-state index in [0.717, 1.165) is 35.5 Å². The maximum Gasteiger partial charge on any atom is 0.277 e. The fraction of sp³-hybridized carbons (Fsp3) is 0.368. The van der Waals surface area contributed by atoms with Crippen LogP contribution in [-0.4, -0.2) is 45.0 Å². The van der Waals surface area contributed by atoms with Crippen LogP contribution in [0.1, 0.15) is 28.2 Å². The van der Waals surface area contributed by atoms with Crippen LogP contribution in [0.15, 0.2) is 40.2 Å². The predicted molar refractivity (Wildman–Crippen MR) is 103 cm³/mol. The standard InChI is InChI=1S/C19H22N4O3S/c1-13-10-16(14(2)23(13)8-5-9-25-3)17(24)12-27-19-22-21-18(26-19)15-6-4-7-20-11-15/h4,6-7,10-11H,5,8-9,12H2,1-3H3. The summed E-state index contributed by atoms with van der Waals surface area (Å²) in [7, 11) is 1.69. The van der Waals surface area contributed by atoms with Crippen molar-refractivity contribution in [2.45, 2.75) is 32.0 Å². The Labute approximate surface area is 162 Å². The molecule has 8 heteroatoms. The largest absolute Gasteiger partial charge is 0.411 e. The molecule has 27 heavy (non-hydrogen) atoms. The first-order chi connectivity index (χ1) is 13.1. The number of hydrogen-bond donors (Lipinski definition) is 0. The van der Waals surface area contributed by atoms with E-state index in [0.29, 0.717) is 17.7 Å². The number of methoxy groups -OCH3 is 1. The van der Waals surface area contributed by atoms with Crippen LogP contribution in [0, 0.1) is 13.8 Å². The zero-order valence-corrected chi connectivity index (χ0v) is 16.5. The molecule has 0 spiro atoms. The predicted octanol–water partition coefficient (Wildman–Crippen LogP) is 3.56. The van der Waals surface area contributed by atoms with Crippen LogP contribution < -0.4 is 0 Å². The van der Waals surface area contributed by atoms with Crippen molar-refractivity contribution in [2.75, 3.05) is 19.5 Å². The number of pyridine rings is 1. The molecular formula is C19H22N4O3S. The normalized spacial score (nSPS) is 11.1. The summed E-state index contributed by atoms with van der Waals surface area (Å²) in [4.78, 5) is 16.7. The number of carbonyl (C=O) groups excluding carboxylic acids is 1. The fourth-order valence-electron chi connectivity index (χ4n) is 2.87. The molecule has 0 saturated heterocycles. The first kappa shape index (κ1) is 19.3. The third-order valence-corrected chi connectivity index (χ3v) is 5.06. The summed E-state index contributed by atoms with van der Waals surface area (Å²) in [5.74, 6) is 0.693. The topological polar surface area (TPSA) is 83.0 Å². The van der Waals surface area contributed by atoms with Gasteiger partial charge in [-0.15, -0.1) is 10.2 Å². The second-order valence-electron chi connectivity index (χ2n) is 6.11. The number of nitrogens with zero attached hydrogens (tertiary/aromatic N) is 4. The molecule has 0 aliphatic rings. The van der Waals surface area contributed by atoms with E-state index in [1.54, 1.807) is 25.6 Å². The van der Waals surface area contributed by atoms with Crippen LogP contribution in [0.4, 0.5) is 0 Å². The Hall–Kier alpha value is -2.45. The Morgan fingerprint density at radius 2 is 2.19 bits per heavy atom. The maximum absolute atomic E-state index is 12.7. The summed E-state index contributed by atoms with van der Waals surface area (Å²) in [5, 5.41) is 8.38. The number of Topliss-reactive ketones (excluding diaryl/α,β-unsaturated/α-hetero) is 1. The second-order valence-corrected chi connectivity index (χ2v) is 7.04. The Morgan fingerprint density at radius 3 is 2.93 bits per heavy atom. The third kappa shape index (κ3) is 4.64. The van der Waals surface area contributed by atoms with Gasteiger partial charge in [-0.25, -0.2) is 0 Å². The minimum Gasteiger partial charge on any atom is -0.411 e. The van der Waals surface area contributed by atoms with Gasteiger partial charge in [0.15, 0.2) is 5.78 Å². The molecule has 3 aromatic rings. The van der Waals surface area contributed by atoms with Crippen molar-refractivity contribution in [2.24, 2.45) is 0 Å². The van der Waals surface area contributed by atoms with E-state index in [9.17, 15) is 4.79 Å². The molecule has 0 bridgehead atoms. The van der Waals surface area contributed by atoms with Crippen LogP contribution in [0.25, 0.3) is 11.5 Å². The molecule has 142 valence electrons. The number of aromatic nitrogens is 4. The lowest BCUT2D eigenvalue weighted by Gasteiger charge is -2.09. The molecule has 0 unspecified atom stereocenters. The molecule has 0 amide bonds. The van der Waals surface area contributed by atoms with E-state index in [-0.39, 0.29) is 11.5 Å². The van der Waals surface area contributed by atoms with Crippen molar-refractivity contribution in [1.82, 2.24) is 19.7 Å². The lowest BCUT2D eigenvalue weighted by molar-refractivity contribution is 0.102. The van der Waals surface area contributed by atoms with Crippen molar-refractivity contribution >= 4 is 17.5 Å². The number of aryl methyl sites for hydroxylation is 1. The van der Waals surface area contributed by atoms with Crippen LogP contribution in [0.3, 0.4) is 0 Å². The lowest BCUT2D eigenvalue weighted by atomic mass is 10.2. The fourth-order valence-corrected chi connectivity index (χ4v) is 3.52. The Morgan fingerprint density at radius 1 is 1.33 bits per heavy atom. The number of hydrogen-bond acceptors (Lipinski definition) is 7. The SMILES string of the molecule is COCCCn1c(C)cc(C(=O)CSc2nnc(-c3cccnc3)o2)c1C. The highest BCUT2D eigenvalue weighted by Gasteiger charge is 2.17. The number of thioether (sulfide) groups is 1. The average molecular weight is 386 g/mol. The van der Waals surface area contributed by atoms with Gasteiger partial charge in [0.05, 0.1) is 11.3 Å². The molecular weight excluding hydrogens is 364 g/mol. The first-order valence-corrected chi connectivity index (χ1v) is 9.64. The van der Waals surface area contributed by atoms with Crippen LogP contribution >= 0.6 is 11.8 Å². The van der Waals surface area contributed by atoms with Crippen molar-refractivity contribution in [3.8, 4) is 11.5 Å². The van der Waals surface area contributed by atoms with E-state index in [2.05, 4.69) is 19.7 Å². The van der Waals surface area contributed by atoms with E-state index < -0.39 is 0 Å². The van der Waals surface area contributed by atoms with Gasteiger partial charge in [0, 0.05) is 49.6 Å². The highest BCUT2D eigenvalue weighted by molar-refractivity contribution is 7.99. The zero-order chi connectivity index (χ0) is 19.2. The summed E-state index contributed by atoms with van der Waals surface area (Å²) >= 11 is 1.24. The van der Waals surface area contributed by atoms with E-state index in [1.807, 2.05) is 26.0 Å². The molecule has 0 saturated carbocycles. The summed E-state index contributed by atoms with van der Waals surface area (Å²) in [6.07, 6.45) is 4.25. The van der Waals surface area contributed by atoms with E-state index in [4.69, 9.17) is 9.15 Å². The zero-order valence-electron chi connectivity index (χ0n) is 15.6. The molecule has 0 atom stereocenters. The van der Waals surface area contributed by atoms with Gasteiger partial charge >= 0.3 is 0 Å². The van der Waals surface area contributed by atoms with Gasteiger partial charge < -0.3 is 13.7 Å². The smallest absolute Gasteiger partial charge is 0.277 e. The highest BCUT2D eigenvalue weighted by atomic mass is 32.2. The van der Waals surface area contributed by atoms with E-state index in [1.165, 1.54) is 11.8 Å². The van der Waals surface area contributed by atoms with Gasteiger partial charge in [-0.3, -0.25) is 9.78 Å². The van der Waals surface area contributed by atoms with Crippen molar-refractivity contribution in [3.05, 3.63) is 47.5 Å². The molecule has 3 heterocycles. The van der Waals surface area contributed by atoms with Gasteiger partial charge in [-0.1, -0.05) is 11.8 Å². The van der Waals surface area contributed by atoms with Gasteiger partial charge in [0.2, 0.25) is 5.89 Å². The minimum absolute atomic E-state index is 0.0484. The Kier molecular flexibility index (Phi) is 6.41. The maximum atomic E-state index is 12.7. The van der Waals surface area contributed by atoms with Crippen LogP contribution in [0.5, 0.6) is 0 Å². The summed E-state index contributed by atoms with van der Waals surface area (Å²) < 4.78 is 12.9. The molecule has 3 rings (SSSR count). The second kappa shape index (κ2) is 8.96. The lowest BCUT2D eigenvalue weighted by Crippen LogP contribution is -2.08. The number of rotatable bonds is 9. The molecule has 3 aromatic heterocycles. The molecule has 0 fully saturated rings. The van der Waals surface area contributed by atoms with Crippen molar-refractivity contribution in [3.63, 3.8) is 0 Å². The highest BCUT2D eigenvalue weighted by Crippen LogP contribution is 2.24. The molecule has 0 radical (unpaired) electrons. The summed E-state index contributed by atoms with van der Waals surface area (Å²) in [6, 6.07) is 5.59.